The maximum absolute atomic E-state index is 13.1. The highest BCUT2D eigenvalue weighted by Crippen LogP contribution is 2.40. The Morgan fingerprint density at radius 3 is 2.52 bits per heavy atom. The van der Waals surface area contributed by atoms with E-state index in [2.05, 4.69) is 15.5 Å². The summed E-state index contributed by atoms with van der Waals surface area (Å²) in [6.45, 7) is 1.67. The molecule has 0 bridgehead atoms. The minimum absolute atomic E-state index is 0.151. The van der Waals surface area contributed by atoms with Crippen LogP contribution in [-0.4, -0.2) is 41.2 Å². The lowest BCUT2D eigenvalue weighted by Gasteiger charge is -2.22. The molecule has 1 fully saturated rings. The molecule has 1 amide bonds. The molecule has 0 saturated carbocycles. The van der Waals surface area contributed by atoms with Crippen LogP contribution in [0.2, 0.25) is 0 Å². The van der Waals surface area contributed by atoms with E-state index in [9.17, 15) is 4.79 Å². The number of carbonyl (C=O) groups excluding carboxylic acids is 1. The number of likely N-dealkylation sites (tertiary alicyclic amines) is 1. The van der Waals surface area contributed by atoms with Crippen LogP contribution in [0.4, 0.5) is 10.8 Å². The molecule has 8 heteroatoms. The Balaban J connectivity index is 1.49. The lowest BCUT2D eigenvalue weighted by molar-refractivity contribution is -0.129. The van der Waals surface area contributed by atoms with Crippen molar-refractivity contribution < 1.29 is 9.53 Å². The van der Waals surface area contributed by atoms with E-state index in [1.165, 1.54) is 23.1 Å². The lowest BCUT2D eigenvalue weighted by atomic mass is 10.1. The van der Waals surface area contributed by atoms with Gasteiger partial charge in [-0.25, -0.2) is 0 Å². The number of aromatic nitrogens is 2. The summed E-state index contributed by atoms with van der Waals surface area (Å²) in [6, 6.07) is 17.5. The van der Waals surface area contributed by atoms with Crippen molar-refractivity contribution in [1.82, 2.24) is 15.1 Å². The highest BCUT2D eigenvalue weighted by atomic mass is 32.2. The molecule has 1 aliphatic heterocycles. The highest BCUT2D eigenvalue weighted by molar-refractivity contribution is 8.01. The van der Waals surface area contributed by atoms with Gasteiger partial charge in [-0.05, 0) is 42.7 Å². The molecule has 2 aromatic carbocycles. The molecule has 1 aromatic heterocycles. The summed E-state index contributed by atoms with van der Waals surface area (Å²) in [6.07, 6.45) is 2.15. The molecule has 1 N–H and O–H groups in total. The summed E-state index contributed by atoms with van der Waals surface area (Å²) >= 11 is 2.92. The number of ether oxygens (including phenoxy) is 1. The van der Waals surface area contributed by atoms with E-state index >= 15 is 0 Å². The largest absolute Gasteiger partial charge is 0.497 e. The van der Waals surface area contributed by atoms with E-state index in [0.717, 1.165) is 47.3 Å². The first-order valence-corrected chi connectivity index (χ1v) is 11.2. The number of nitrogens with zero attached hydrogens (tertiary/aromatic N) is 3. The summed E-state index contributed by atoms with van der Waals surface area (Å²) in [5.41, 5.74) is 1.90. The van der Waals surface area contributed by atoms with E-state index in [-0.39, 0.29) is 11.2 Å². The molecule has 3 aromatic rings. The monoisotopic (exact) mass is 426 g/mol. The Hall–Kier alpha value is -2.58. The number of amides is 1. The second kappa shape index (κ2) is 9.28. The van der Waals surface area contributed by atoms with E-state index < -0.39 is 0 Å². The molecular formula is C21H22N4O2S2. The summed E-state index contributed by atoms with van der Waals surface area (Å²) in [7, 11) is 1.64. The third-order valence-electron chi connectivity index (χ3n) is 4.71. The van der Waals surface area contributed by atoms with Crippen LogP contribution >= 0.6 is 23.1 Å². The fourth-order valence-corrected chi connectivity index (χ4v) is 5.25. The predicted molar refractivity (Wildman–Crippen MR) is 117 cm³/mol. The smallest absolute Gasteiger partial charge is 0.240 e. The quantitative estimate of drug-likeness (QED) is 0.550. The van der Waals surface area contributed by atoms with Crippen molar-refractivity contribution in [1.29, 1.82) is 0 Å². The van der Waals surface area contributed by atoms with Crippen molar-refractivity contribution in [3.63, 3.8) is 0 Å². The fourth-order valence-electron chi connectivity index (χ4n) is 3.20. The Kier molecular flexibility index (Phi) is 6.31. The Bertz CT molecular complexity index is 941. The van der Waals surface area contributed by atoms with E-state index in [1.807, 2.05) is 59.5 Å². The van der Waals surface area contributed by atoms with Crippen LogP contribution in [0.5, 0.6) is 5.75 Å². The zero-order valence-corrected chi connectivity index (χ0v) is 17.7. The van der Waals surface area contributed by atoms with Crippen molar-refractivity contribution in [2.75, 3.05) is 25.5 Å². The lowest BCUT2D eigenvalue weighted by Crippen LogP contribution is -2.31. The number of benzene rings is 2. The number of rotatable bonds is 7. The van der Waals surface area contributed by atoms with Crippen molar-refractivity contribution >= 4 is 39.8 Å². The first-order chi connectivity index (χ1) is 14.2. The molecule has 0 unspecified atom stereocenters. The first-order valence-electron chi connectivity index (χ1n) is 9.48. The molecule has 0 aliphatic carbocycles. The molecule has 1 atom stereocenters. The van der Waals surface area contributed by atoms with Gasteiger partial charge in [-0.15, -0.1) is 10.2 Å². The average Bonchev–Trinajstić information content (AvgIpc) is 3.45. The second-order valence-electron chi connectivity index (χ2n) is 6.67. The summed E-state index contributed by atoms with van der Waals surface area (Å²) in [5, 5.41) is 12.2. The van der Waals surface area contributed by atoms with Crippen molar-refractivity contribution in [3.8, 4) is 5.75 Å². The van der Waals surface area contributed by atoms with Gasteiger partial charge in [-0.2, -0.15) is 0 Å². The molecule has 29 heavy (non-hydrogen) atoms. The van der Waals surface area contributed by atoms with Gasteiger partial charge >= 0.3 is 0 Å². The van der Waals surface area contributed by atoms with E-state index in [1.54, 1.807) is 7.11 Å². The zero-order chi connectivity index (χ0) is 20.1. The zero-order valence-electron chi connectivity index (χ0n) is 16.1. The maximum atomic E-state index is 13.1. The van der Waals surface area contributed by atoms with Gasteiger partial charge in [0.15, 0.2) is 4.34 Å². The number of anilines is 2. The van der Waals surface area contributed by atoms with Gasteiger partial charge in [-0.1, -0.05) is 53.4 Å². The van der Waals surface area contributed by atoms with E-state index in [0.29, 0.717) is 5.13 Å². The minimum Gasteiger partial charge on any atom is -0.497 e. The van der Waals surface area contributed by atoms with Crippen molar-refractivity contribution in [2.24, 2.45) is 0 Å². The van der Waals surface area contributed by atoms with Crippen LogP contribution in [0.1, 0.15) is 23.7 Å². The minimum atomic E-state index is -0.309. The second-order valence-corrected chi connectivity index (χ2v) is 9.00. The van der Waals surface area contributed by atoms with Gasteiger partial charge in [0.2, 0.25) is 11.0 Å². The number of carbonyl (C=O) groups is 1. The van der Waals surface area contributed by atoms with Gasteiger partial charge in [-0.3, -0.25) is 4.79 Å². The predicted octanol–water partition coefficient (Wildman–Crippen LogP) is 4.75. The first kappa shape index (κ1) is 19.7. The molecule has 1 saturated heterocycles. The Labute approximate surface area is 178 Å². The maximum Gasteiger partial charge on any atom is 0.240 e. The molecule has 1 aliphatic rings. The molecule has 2 heterocycles. The van der Waals surface area contributed by atoms with Crippen LogP contribution in [0.3, 0.4) is 0 Å². The van der Waals surface area contributed by atoms with E-state index in [4.69, 9.17) is 4.74 Å². The van der Waals surface area contributed by atoms with Crippen LogP contribution in [0.25, 0.3) is 0 Å². The van der Waals surface area contributed by atoms with Crippen LogP contribution < -0.4 is 10.1 Å². The van der Waals surface area contributed by atoms with Crippen LogP contribution in [0.15, 0.2) is 58.9 Å². The number of methoxy groups -OCH3 is 1. The Morgan fingerprint density at radius 1 is 1.10 bits per heavy atom. The number of thioether (sulfide) groups is 1. The number of nitrogens with one attached hydrogen (secondary N) is 1. The Morgan fingerprint density at radius 2 is 1.83 bits per heavy atom. The standard InChI is InChI=1S/C21H22N4O2S2/c1-27-17-11-9-16(10-12-17)22-20-23-24-21(29-20)28-18(15-7-3-2-4-8-15)19(26)25-13-5-6-14-25/h2-4,7-12,18H,5-6,13-14H2,1H3,(H,22,23)/t18-/m0/s1. The average molecular weight is 427 g/mol. The summed E-state index contributed by atoms with van der Waals surface area (Å²) < 4.78 is 5.95. The molecule has 6 nitrogen and oxygen atoms in total. The number of hydrogen-bond acceptors (Lipinski definition) is 7. The van der Waals surface area contributed by atoms with Crippen molar-refractivity contribution in [3.05, 3.63) is 60.2 Å². The van der Waals surface area contributed by atoms with Gasteiger partial charge < -0.3 is 15.0 Å². The summed E-state index contributed by atoms with van der Waals surface area (Å²) in [4.78, 5) is 15.1. The fraction of sp³-hybridized carbons (Fsp3) is 0.286. The van der Waals surface area contributed by atoms with Gasteiger partial charge in [0.25, 0.3) is 0 Å². The molecule has 4 rings (SSSR count). The third-order valence-corrected chi connectivity index (χ3v) is 6.88. The van der Waals surface area contributed by atoms with Crippen LogP contribution in [0, 0.1) is 0 Å². The molecule has 0 spiro atoms. The van der Waals surface area contributed by atoms with Crippen LogP contribution in [-0.2, 0) is 4.79 Å². The van der Waals surface area contributed by atoms with Gasteiger partial charge in [0.05, 0.1) is 7.11 Å². The number of hydrogen-bond donors (Lipinski definition) is 1. The normalized spacial score (nSPS) is 14.6. The van der Waals surface area contributed by atoms with Gasteiger partial charge in [0.1, 0.15) is 11.0 Å². The summed E-state index contributed by atoms with van der Waals surface area (Å²) in [5.74, 6) is 0.953. The molecule has 0 radical (unpaired) electrons. The molecular weight excluding hydrogens is 404 g/mol. The molecule has 150 valence electrons. The topological polar surface area (TPSA) is 67.3 Å². The third kappa shape index (κ3) is 4.89. The van der Waals surface area contributed by atoms with Crippen molar-refractivity contribution in [2.45, 2.75) is 22.4 Å². The highest BCUT2D eigenvalue weighted by Gasteiger charge is 2.29. The van der Waals surface area contributed by atoms with Gasteiger partial charge in [0, 0.05) is 18.8 Å². The SMILES string of the molecule is COc1ccc(Nc2nnc(S[C@H](C(=O)N3CCCC3)c3ccccc3)s2)cc1.